The lowest BCUT2D eigenvalue weighted by molar-refractivity contribution is -0.0609. The Bertz CT molecular complexity index is 393. The van der Waals surface area contributed by atoms with E-state index >= 15 is 0 Å². The molecule has 0 aromatic carbocycles. The third-order valence-corrected chi connectivity index (χ3v) is 4.38. The Morgan fingerprint density at radius 2 is 2.16 bits per heavy atom. The van der Waals surface area contributed by atoms with Crippen LogP contribution in [0, 0.1) is 5.92 Å². The topological polar surface area (TPSA) is 60.2 Å². The molecular weight excluding hydrogens is 242 g/mol. The molecule has 1 unspecified atom stereocenters. The minimum Gasteiger partial charge on any atom is -0.370 e. The number of hydrogen-bond donors (Lipinski definition) is 1. The molecule has 1 aromatic heterocycles. The molecule has 0 aliphatic heterocycles. The van der Waals surface area contributed by atoms with Gasteiger partial charge in [0, 0.05) is 7.11 Å². The maximum atomic E-state index is 5.77. The zero-order valence-electron chi connectivity index (χ0n) is 12.4. The van der Waals surface area contributed by atoms with Gasteiger partial charge in [-0.2, -0.15) is 4.98 Å². The van der Waals surface area contributed by atoms with Gasteiger partial charge in [-0.05, 0) is 45.1 Å². The summed E-state index contributed by atoms with van der Waals surface area (Å²) in [6.07, 6.45) is 5.18. The first kappa shape index (κ1) is 14.5. The Labute approximate surface area is 115 Å². The van der Waals surface area contributed by atoms with Crippen LogP contribution in [0.4, 0.5) is 0 Å². The summed E-state index contributed by atoms with van der Waals surface area (Å²) in [5.74, 6) is 2.14. The second-order valence-electron chi connectivity index (χ2n) is 5.59. The fourth-order valence-corrected chi connectivity index (χ4v) is 2.81. The first-order chi connectivity index (χ1) is 9.15. The van der Waals surface area contributed by atoms with E-state index in [9.17, 15) is 0 Å². The Morgan fingerprint density at radius 1 is 1.47 bits per heavy atom. The van der Waals surface area contributed by atoms with Crippen molar-refractivity contribution in [2.24, 2.45) is 5.92 Å². The molecule has 5 nitrogen and oxygen atoms in total. The number of methoxy groups -OCH3 is 1. The average molecular weight is 267 g/mol. The van der Waals surface area contributed by atoms with Crippen LogP contribution in [0.15, 0.2) is 4.52 Å². The summed E-state index contributed by atoms with van der Waals surface area (Å²) in [5, 5.41) is 7.36. The van der Waals surface area contributed by atoms with Crippen LogP contribution in [0.25, 0.3) is 0 Å². The largest absolute Gasteiger partial charge is 0.370 e. The van der Waals surface area contributed by atoms with Gasteiger partial charge in [0.2, 0.25) is 11.7 Å². The molecule has 2 rings (SSSR count). The molecule has 1 saturated carbocycles. The minimum absolute atomic E-state index is 0.123. The summed E-state index contributed by atoms with van der Waals surface area (Å²) in [7, 11) is 3.66. The lowest BCUT2D eigenvalue weighted by atomic mass is 9.79. The van der Waals surface area contributed by atoms with Crippen LogP contribution < -0.4 is 5.32 Å². The van der Waals surface area contributed by atoms with Gasteiger partial charge in [0.05, 0.1) is 6.04 Å². The van der Waals surface area contributed by atoms with Crippen LogP contribution in [-0.2, 0) is 10.3 Å². The standard InChI is InChI=1S/C14H25N3O2/c1-5-11(15-3)12-16-13(17-19-12)14(18-4)8-6-10(2)7-9-14/h10-11,15H,5-9H2,1-4H3. The van der Waals surface area contributed by atoms with Crippen molar-refractivity contribution >= 4 is 0 Å². The lowest BCUT2D eigenvalue weighted by Crippen LogP contribution is -2.34. The maximum Gasteiger partial charge on any atom is 0.243 e. The van der Waals surface area contributed by atoms with Gasteiger partial charge in [-0.25, -0.2) is 0 Å². The van der Waals surface area contributed by atoms with Gasteiger partial charge in [0.15, 0.2) is 0 Å². The number of nitrogens with zero attached hydrogens (tertiary/aromatic N) is 2. The zero-order valence-corrected chi connectivity index (χ0v) is 12.4. The van der Waals surface area contributed by atoms with E-state index in [1.807, 2.05) is 7.05 Å². The zero-order chi connectivity index (χ0) is 13.9. The Morgan fingerprint density at radius 3 is 2.68 bits per heavy atom. The second-order valence-corrected chi connectivity index (χ2v) is 5.59. The van der Waals surface area contributed by atoms with Crippen molar-refractivity contribution in [3.63, 3.8) is 0 Å². The van der Waals surface area contributed by atoms with E-state index in [2.05, 4.69) is 29.3 Å². The molecule has 0 radical (unpaired) electrons. The van der Waals surface area contributed by atoms with Crippen molar-refractivity contribution in [1.29, 1.82) is 0 Å². The van der Waals surface area contributed by atoms with Gasteiger partial charge in [-0.15, -0.1) is 0 Å². The third kappa shape index (κ3) is 2.82. The van der Waals surface area contributed by atoms with Gasteiger partial charge >= 0.3 is 0 Å². The molecule has 1 heterocycles. The highest BCUT2D eigenvalue weighted by molar-refractivity contribution is 5.05. The molecule has 0 saturated heterocycles. The molecule has 1 atom stereocenters. The summed E-state index contributed by atoms with van der Waals surface area (Å²) < 4.78 is 11.2. The van der Waals surface area contributed by atoms with E-state index in [0.29, 0.717) is 11.7 Å². The third-order valence-electron chi connectivity index (χ3n) is 4.38. The van der Waals surface area contributed by atoms with E-state index in [0.717, 1.165) is 38.0 Å². The molecule has 19 heavy (non-hydrogen) atoms. The molecular formula is C14H25N3O2. The summed E-state index contributed by atoms with van der Waals surface area (Å²) in [5.41, 5.74) is -0.347. The monoisotopic (exact) mass is 267 g/mol. The smallest absolute Gasteiger partial charge is 0.243 e. The molecule has 1 aliphatic carbocycles. The highest BCUT2D eigenvalue weighted by atomic mass is 16.5. The Balaban J connectivity index is 2.20. The molecule has 5 heteroatoms. The van der Waals surface area contributed by atoms with E-state index in [4.69, 9.17) is 9.26 Å². The van der Waals surface area contributed by atoms with Crippen LogP contribution in [0.5, 0.6) is 0 Å². The molecule has 1 aromatic rings. The molecule has 0 spiro atoms. The van der Waals surface area contributed by atoms with E-state index in [1.165, 1.54) is 0 Å². The normalized spacial score (nSPS) is 29.4. The lowest BCUT2D eigenvalue weighted by Gasteiger charge is -2.35. The van der Waals surface area contributed by atoms with Crippen molar-refractivity contribution < 1.29 is 9.26 Å². The Hall–Kier alpha value is -0.940. The van der Waals surface area contributed by atoms with E-state index < -0.39 is 0 Å². The van der Waals surface area contributed by atoms with Crippen molar-refractivity contribution in [2.75, 3.05) is 14.2 Å². The molecule has 1 fully saturated rings. The summed E-state index contributed by atoms with van der Waals surface area (Å²) in [4.78, 5) is 4.58. The average Bonchev–Trinajstić information content (AvgIpc) is 2.92. The maximum absolute atomic E-state index is 5.77. The summed E-state index contributed by atoms with van der Waals surface area (Å²) in [6, 6.07) is 0.123. The molecule has 0 amide bonds. The van der Waals surface area contributed by atoms with Crippen molar-refractivity contribution in [3.05, 3.63) is 11.7 Å². The molecule has 1 N–H and O–H groups in total. The second kappa shape index (κ2) is 6.01. The number of rotatable bonds is 5. The highest BCUT2D eigenvalue weighted by Gasteiger charge is 2.40. The fraction of sp³-hybridized carbons (Fsp3) is 0.857. The number of hydrogen-bond acceptors (Lipinski definition) is 5. The van der Waals surface area contributed by atoms with Crippen LogP contribution in [0.3, 0.4) is 0 Å². The van der Waals surface area contributed by atoms with E-state index in [-0.39, 0.29) is 11.6 Å². The van der Waals surface area contributed by atoms with Crippen LogP contribution in [-0.4, -0.2) is 24.3 Å². The van der Waals surface area contributed by atoms with Crippen LogP contribution in [0.2, 0.25) is 0 Å². The first-order valence-electron chi connectivity index (χ1n) is 7.21. The number of nitrogens with one attached hydrogen (secondary N) is 1. The van der Waals surface area contributed by atoms with Gasteiger partial charge in [-0.1, -0.05) is 19.0 Å². The molecule has 108 valence electrons. The van der Waals surface area contributed by atoms with Crippen molar-refractivity contribution in [2.45, 2.75) is 57.6 Å². The van der Waals surface area contributed by atoms with Gasteiger partial charge in [0.25, 0.3) is 0 Å². The Kier molecular flexibility index (Phi) is 4.58. The van der Waals surface area contributed by atoms with Crippen molar-refractivity contribution in [3.8, 4) is 0 Å². The quantitative estimate of drug-likeness (QED) is 0.889. The minimum atomic E-state index is -0.347. The van der Waals surface area contributed by atoms with E-state index in [1.54, 1.807) is 7.11 Å². The fourth-order valence-electron chi connectivity index (χ4n) is 2.81. The van der Waals surface area contributed by atoms with Crippen LogP contribution in [0.1, 0.15) is 63.7 Å². The van der Waals surface area contributed by atoms with Crippen LogP contribution >= 0.6 is 0 Å². The number of ether oxygens (including phenoxy) is 1. The molecule has 0 bridgehead atoms. The summed E-state index contributed by atoms with van der Waals surface area (Å²) in [6.45, 7) is 4.38. The van der Waals surface area contributed by atoms with Crippen molar-refractivity contribution in [1.82, 2.24) is 15.5 Å². The summed E-state index contributed by atoms with van der Waals surface area (Å²) >= 11 is 0. The highest BCUT2D eigenvalue weighted by Crippen LogP contribution is 2.40. The van der Waals surface area contributed by atoms with Gasteiger partial charge in [0.1, 0.15) is 5.60 Å². The number of aromatic nitrogens is 2. The predicted molar refractivity (Wildman–Crippen MR) is 72.7 cm³/mol. The first-order valence-corrected chi connectivity index (χ1v) is 7.21. The SMILES string of the molecule is CCC(NC)c1nc(C2(OC)CCC(C)CC2)no1. The van der Waals surface area contributed by atoms with Gasteiger partial charge < -0.3 is 14.6 Å². The van der Waals surface area contributed by atoms with Gasteiger partial charge in [-0.3, -0.25) is 0 Å². The molecule has 1 aliphatic rings. The predicted octanol–water partition coefficient (Wildman–Crippen LogP) is 2.79.